The smallest absolute Gasteiger partial charge is 0.262 e. The van der Waals surface area contributed by atoms with Crippen LogP contribution in [0.3, 0.4) is 0 Å². The Labute approximate surface area is 116 Å². The van der Waals surface area contributed by atoms with E-state index in [9.17, 15) is 4.79 Å². The second-order valence-electron chi connectivity index (χ2n) is 4.92. The van der Waals surface area contributed by atoms with Gasteiger partial charge in [0, 0.05) is 7.11 Å². The minimum atomic E-state index is -0.0201. The zero-order chi connectivity index (χ0) is 13.4. The number of ether oxygens (including phenoxy) is 1. The molecule has 0 spiro atoms. The summed E-state index contributed by atoms with van der Waals surface area (Å²) in [6, 6.07) is 7.51. The van der Waals surface area contributed by atoms with Crippen molar-refractivity contribution < 1.29 is 4.74 Å². The Morgan fingerprint density at radius 2 is 2.16 bits per heavy atom. The lowest BCUT2D eigenvalue weighted by atomic mass is 10.2. The molecule has 5 heteroatoms. The Balaban J connectivity index is 2.24. The molecule has 1 saturated carbocycles. The van der Waals surface area contributed by atoms with Crippen molar-refractivity contribution in [3.63, 3.8) is 0 Å². The number of aromatic amines is 1. The van der Waals surface area contributed by atoms with E-state index in [2.05, 4.69) is 4.98 Å². The molecule has 1 N–H and O–H groups in total. The Hall–Kier alpha value is -1.46. The summed E-state index contributed by atoms with van der Waals surface area (Å²) in [5.41, 5.74) is 0.772. The third-order valence-corrected chi connectivity index (χ3v) is 4.19. The van der Waals surface area contributed by atoms with E-state index in [4.69, 9.17) is 17.0 Å². The highest BCUT2D eigenvalue weighted by Crippen LogP contribution is 2.31. The van der Waals surface area contributed by atoms with Crippen molar-refractivity contribution in [2.24, 2.45) is 0 Å². The van der Waals surface area contributed by atoms with Crippen LogP contribution in [0.25, 0.3) is 10.9 Å². The first kappa shape index (κ1) is 12.6. The molecule has 0 amide bonds. The summed E-state index contributed by atoms with van der Waals surface area (Å²) in [7, 11) is 1.70. The Morgan fingerprint density at radius 3 is 2.95 bits per heavy atom. The second-order valence-corrected chi connectivity index (χ2v) is 5.31. The summed E-state index contributed by atoms with van der Waals surface area (Å²) in [4.78, 5) is 15.8. The summed E-state index contributed by atoms with van der Waals surface area (Å²) < 4.78 is 7.66. The highest BCUT2D eigenvalue weighted by molar-refractivity contribution is 7.71. The van der Waals surface area contributed by atoms with Gasteiger partial charge in [-0.1, -0.05) is 12.1 Å². The molecule has 0 radical (unpaired) electrons. The Morgan fingerprint density at radius 1 is 1.37 bits per heavy atom. The maximum atomic E-state index is 12.6. The van der Waals surface area contributed by atoms with Crippen LogP contribution in [-0.2, 0) is 4.74 Å². The number of para-hydroxylation sites is 1. The Bertz CT molecular complexity index is 719. The van der Waals surface area contributed by atoms with E-state index in [1.165, 1.54) is 0 Å². The maximum absolute atomic E-state index is 12.6. The van der Waals surface area contributed by atoms with Crippen molar-refractivity contribution in [2.75, 3.05) is 7.11 Å². The van der Waals surface area contributed by atoms with Crippen LogP contribution in [0.1, 0.15) is 25.3 Å². The van der Waals surface area contributed by atoms with Crippen LogP contribution in [-0.4, -0.2) is 22.8 Å². The lowest BCUT2D eigenvalue weighted by Gasteiger charge is -2.21. The van der Waals surface area contributed by atoms with Crippen LogP contribution in [0.4, 0.5) is 0 Å². The van der Waals surface area contributed by atoms with Gasteiger partial charge in [-0.15, -0.1) is 0 Å². The monoisotopic (exact) mass is 276 g/mol. The number of aromatic nitrogens is 2. The van der Waals surface area contributed by atoms with E-state index in [0.717, 1.165) is 24.8 Å². The molecule has 1 aromatic carbocycles. The molecular formula is C14H16N2O2S. The van der Waals surface area contributed by atoms with Crippen molar-refractivity contribution in [3.05, 3.63) is 39.4 Å². The number of hydrogen-bond donors (Lipinski definition) is 1. The normalized spacial score (nSPS) is 23.0. The molecule has 4 nitrogen and oxygen atoms in total. The number of fused-ring (bicyclic) bond motifs is 1. The van der Waals surface area contributed by atoms with Gasteiger partial charge in [-0.3, -0.25) is 9.36 Å². The molecule has 1 heterocycles. The van der Waals surface area contributed by atoms with Crippen molar-refractivity contribution in [1.29, 1.82) is 0 Å². The first-order chi connectivity index (χ1) is 9.22. The van der Waals surface area contributed by atoms with Gasteiger partial charge < -0.3 is 9.72 Å². The molecule has 3 rings (SSSR count). The third kappa shape index (κ3) is 2.03. The summed E-state index contributed by atoms with van der Waals surface area (Å²) in [5.74, 6) is 0. The molecule has 2 atom stereocenters. The highest BCUT2D eigenvalue weighted by Gasteiger charge is 2.30. The van der Waals surface area contributed by atoms with Gasteiger partial charge in [-0.2, -0.15) is 0 Å². The van der Waals surface area contributed by atoms with E-state index in [1.54, 1.807) is 11.7 Å². The molecule has 1 aliphatic carbocycles. The number of nitrogens with zero attached hydrogens (tertiary/aromatic N) is 1. The Kier molecular flexibility index (Phi) is 3.24. The average molecular weight is 276 g/mol. The fourth-order valence-corrected chi connectivity index (χ4v) is 3.28. The molecule has 2 aromatic rings. The average Bonchev–Trinajstić information content (AvgIpc) is 2.87. The van der Waals surface area contributed by atoms with Crippen molar-refractivity contribution in [3.8, 4) is 0 Å². The van der Waals surface area contributed by atoms with Crippen LogP contribution in [0.15, 0.2) is 29.1 Å². The standard InChI is InChI=1S/C14H16N2O2S/c1-18-12-8-4-7-11(12)16-13(17)9-5-2-3-6-10(9)15-14(16)19/h2-3,5-6,11-12H,4,7-8H2,1H3,(H,15,19). The van der Waals surface area contributed by atoms with E-state index in [1.807, 2.05) is 24.3 Å². The second kappa shape index (κ2) is 4.90. The molecule has 1 aromatic heterocycles. The molecule has 0 aliphatic heterocycles. The first-order valence-corrected chi connectivity index (χ1v) is 6.89. The van der Waals surface area contributed by atoms with Gasteiger partial charge in [-0.05, 0) is 43.6 Å². The summed E-state index contributed by atoms with van der Waals surface area (Å²) >= 11 is 5.36. The molecule has 1 aliphatic rings. The lowest BCUT2D eigenvalue weighted by molar-refractivity contribution is 0.0732. The van der Waals surface area contributed by atoms with Crippen LogP contribution < -0.4 is 5.56 Å². The summed E-state index contributed by atoms with van der Waals surface area (Å²) in [5, 5.41) is 0.679. The van der Waals surface area contributed by atoms with Gasteiger partial charge in [0.2, 0.25) is 0 Å². The molecule has 2 unspecified atom stereocenters. The van der Waals surface area contributed by atoms with Crippen molar-refractivity contribution in [1.82, 2.24) is 9.55 Å². The molecule has 0 bridgehead atoms. The zero-order valence-corrected chi connectivity index (χ0v) is 11.6. The molecule has 19 heavy (non-hydrogen) atoms. The van der Waals surface area contributed by atoms with E-state index in [0.29, 0.717) is 10.2 Å². The fourth-order valence-electron chi connectivity index (χ4n) is 2.95. The largest absolute Gasteiger partial charge is 0.379 e. The van der Waals surface area contributed by atoms with Gasteiger partial charge in [0.25, 0.3) is 5.56 Å². The zero-order valence-electron chi connectivity index (χ0n) is 10.8. The summed E-state index contributed by atoms with van der Waals surface area (Å²) in [6.07, 6.45) is 3.06. The number of H-pyrrole nitrogens is 1. The van der Waals surface area contributed by atoms with Gasteiger partial charge in [0.05, 0.1) is 23.0 Å². The summed E-state index contributed by atoms with van der Waals surface area (Å²) in [6.45, 7) is 0. The number of methoxy groups -OCH3 is 1. The number of benzene rings is 1. The van der Waals surface area contributed by atoms with Gasteiger partial charge in [0.15, 0.2) is 4.77 Å². The molecule has 1 fully saturated rings. The van der Waals surface area contributed by atoms with Crippen LogP contribution in [0.2, 0.25) is 0 Å². The first-order valence-electron chi connectivity index (χ1n) is 6.48. The van der Waals surface area contributed by atoms with E-state index < -0.39 is 0 Å². The number of hydrogen-bond acceptors (Lipinski definition) is 3. The predicted molar refractivity (Wildman–Crippen MR) is 77.1 cm³/mol. The topological polar surface area (TPSA) is 47.0 Å². The van der Waals surface area contributed by atoms with E-state index in [-0.39, 0.29) is 17.7 Å². The van der Waals surface area contributed by atoms with Crippen molar-refractivity contribution >= 4 is 23.1 Å². The number of nitrogens with one attached hydrogen (secondary N) is 1. The minimum Gasteiger partial charge on any atom is -0.379 e. The minimum absolute atomic E-state index is 0.0201. The quantitative estimate of drug-likeness (QED) is 0.858. The molecule has 100 valence electrons. The van der Waals surface area contributed by atoms with Crippen LogP contribution in [0, 0.1) is 4.77 Å². The highest BCUT2D eigenvalue weighted by atomic mass is 32.1. The predicted octanol–water partition coefficient (Wildman–Crippen LogP) is 2.80. The van der Waals surface area contributed by atoms with Gasteiger partial charge in [0.1, 0.15) is 0 Å². The van der Waals surface area contributed by atoms with Gasteiger partial charge >= 0.3 is 0 Å². The van der Waals surface area contributed by atoms with Gasteiger partial charge in [-0.25, -0.2) is 0 Å². The fraction of sp³-hybridized carbons (Fsp3) is 0.429. The van der Waals surface area contributed by atoms with Crippen LogP contribution >= 0.6 is 12.2 Å². The van der Waals surface area contributed by atoms with Crippen LogP contribution in [0.5, 0.6) is 0 Å². The maximum Gasteiger partial charge on any atom is 0.262 e. The molecular weight excluding hydrogens is 260 g/mol. The lowest BCUT2D eigenvalue weighted by Crippen LogP contribution is -2.31. The molecule has 0 saturated heterocycles. The third-order valence-electron chi connectivity index (χ3n) is 3.89. The van der Waals surface area contributed by atoms with Crippen molar-refractivity contribution in [2.45, 2.75) is 31.4 Å². The SMILES string of the molecule is COC1CCCC1n1c(=S)[nH]c2ccccc2c1=O. The van der Waals surface area contributed by atoms with E-state index >= 15 is 0 Å². The number of rotatable bonds is 2.